The summed E-state index contributed by atoms with van der Waals surface area (Å²) in [6.07, 6.45) is 1.06. The van der Waals surface area contributed by atoms with E-state index in [9.17, 15) is 13.2 Å². The predicted molar refractivity (Wildman–Crippen MR) is 99.6 cm³/mol. The van der Waals surface area contributed by atoms with Crippen molar-refractivity contribution in [3.05, 3.63) is 28.8 Å². The first kappa shape index (κ1) is 20.0. The number of piperidine rings is 1. The number of carbonyl (C=O) groups excluding carboxylic acids is 1. The van der Waals surface area contributed by atoms with Crippen molar-refractivity contribution in [1.29, 1.82) is 0 Å². The fraction of sp³-hybridized carbons (Fsp3) is 0.611. The van der Waals surface area contributed by atoms with Gasteiger partial charge < -0.3 is 9.64 Å². The zero-order valence-corrected chi connectivity index (χ0v) is 16.7. The topological polar surface area (TPSA) is 63.7 Å². The molecule has 1 aliphatic heterocycles. The lowest BCUT2D eigenvalue weighted by molar-refractivity contribution is -0.133. The lowest BCUT2D eigenvalue weighted by Gasteiger charge is -2.36. The summed E-state index contributed by atoms with van der Waals surface area (Å²) in [5.74, 6) is 0.626. The Kier molecular flexibility index (Phi) is 6.38. The van der Waals surface area contributed by atoms with Gasteiger partial charge in [0.1, 0.15) is 11.0 Å². The Labute approximate surface area is 155 Å². The maximum atomic E-state index is 12.8. The molecule has 1 aliphatic rings. The van der Waals surface area contributed by atoms with Gasteiger partial charge in [0.25, 0.3) is 0 Å². The molecule has 1 fully saturated rings. The first-order valence-electron chi connectivity index (χ1n) is 8.46. The SMILES string of the molecule is COc1ccc(Cl)cc1CS(=O)(=O)[C@H](C)C(=O)N1C[C@H](C)C[C@@H](C)C1. The second-order valence-corrected chi connectivity index (χ2v) is 9.85. The van der Waals surface area contributed by atoms with Crippen LogP contribution in [0.4, 0.5) is 0 Å². The number of sulfone groups is 1. The summed E-state index contributed by atoms with van der Waals surface area (Å²) in [5, 5.41) is -0.655. The summed E-state index contributed by atoms with van der Waals surface area (Å²) in [7, 11) is -2.20. The van der Waals surface area contributed by atoms with Gasteiger partial charge in [0.05, 0.1) is 12.9 Å². The molecule has 1 heterocycles. The van der Waals surface area contributed by atoms with Crippen LogP contribution in [0.5, 0.6) is 5.75 Å². The number of methoxy groups -OCH3 is 1. The van der Waals surface area contributed by atoms with Gasteiger partial charge in [-0.1, -0.05) is 25.4 Å². The molecular formula is C18H26ClNO4S. The molecule has 1 aromatic rings. The second kappa shape index (κ2) is 7.96. The summed E-state index contributed by atoms with van der Waals surface area (Å²) in [4.78, 5) is 14.4. The zero-order valence-electron chi connectivity index (χ0n) is 15.2. The molecule has 0 spiro atoms. The number of nitrogens with zero attached hydrogens (tertiary/aromatic N) is 1. The molecule has 2 rings (SSSR count). The Bertz CT molecular complexity index is 725. The van der Waals surface area contributed by atoms with Crippen LogP contribution in [0.25, 0.3) is 0 Å². The molecule has 3 atom stereocenters. The van der Waals surface area contributed by atoms with Gasteiger partial charge in [-0.05, 0) is 43.4 Å². The molecule has 25 heavy (non-hydrogen) atoms. The van der Waals surface area contributed by atoms with Crippen LogP contribution in [0, 0.1) is 11.8 Å². The predicted octanol–water partition coefficient (Wildman–Crippen LogP) is 3.16. The van der Waals surface area contributed by atoms with Crippen LogP contribution in [0.3, 0.4) is 0 Å². The zero-order chi connectivity index (χ0) is 18.8. The number of benzene rings is 1. The summed E-state index contributed by atoms with van der Waals surface area (Å²) < 4.78 is 30.8. The second-order valence-electron chi connectivity index (χ2n) is 7.09. The fourth-order valence-corrected chi connectivity index (χ4v) is 5.02. The van der Waals surface area contributed by atoms with Crippen LogP contribution >= 0.6 is 11.6 Å². The highest BCUT2D eigenvalue weighted by Crippen LogP contribution is 2.27. The molecule has 140 valence electrons. The number of likely N-dealkylation sites (tertiary alicyclic amines) is 1. The normalized spacial score (nSPS) is 22.5. The van der Waals surface area contributed by atoms with Crippen LogP contribution in [0.1, 0.15) is 32.8 Å². The number of hydrogen-bond donors (Lipinski definition) is 0. The molecule has 0 N–H and O–H groups in total. The van der Waals surface area contributed by atoms with Crippen molar-refractivity contribution < 1.29 is 17.9 Å². The van der Waals surface area contributed by atoms with Crippen molar-refractivity contribution in [2.24, 2.45) is 11.8 Å². The van der Waals surface area contributed by atoms with Crippen molar-refractivity contribution >= 4 is 27.3 Å². The number of amides is 1. The Morgan fingerprint density at radius 2 is 1.92 bits per heavy atom. The van der Waals surface area contributed by atoms with E-state index >= 15 is 0 Å². The molecule has 0 bridgehead atoms. The molecule has 5 nitrogen and oxygen atoms in total. The number of hydrogen-bond acceptors (Lipinski definition) is 4. The maximum Gasteiger partial charge on any atom is 0.240 e. The van der Waals surface area contributed by atoms with Crippen molar-refractivity contribution in [3.63, 3.8) is 0 Å². The lowest BCUT2D eigenvalue weighted by atomic mass is 9.92. The minimum Gasteiger partial charge on any atom is -0.496 e. The third-order valence-electron chi connectivity index (χ3n) is 4.67. The third kappa shape index (κ3) is 4.88. The smallest absolute Gasteiger partial charge is 0.240 e. The summed E-state index contributed by atoms with van der Waals surface area (Å²) >= 11 is 5.97. The van der Waals surface area contributed by atoms with E-state index in [1.54, 1.807) is 23.1 Å². The van der Waals surface area contributed by atoms with Crippen LogP contribution < -0.4 is 4.74 Å². The molecule has 0 aliphatic carbocycles. The van der Waals surface area contributed by atoms with Crippen LogP contribution in [0.15, 0.2) is 18.2 Å². The number of halogens is 1. The largest absolute Gasteiger partial charge is 0.496 e. The Morgan fingerprint density at radius 3 is 2.48 bits per heavy atom. The van der Waals surface area contributed by atoms with E-state index in [4.69, 9.17) is 16.3 Å². The van der Waals surface area contributed by atoms with Crippen molar-refractivity contribution in [3.8, 4) is 5.75 Å². The van der Waals surface area contributed by atoms with Gasteiger partial charge in [-0.15, -0.1) is 0 Å². The highest BCUT2D eigenvalue weighted by atomic mass is 35.5. The molecule has 0 aromatic heterocycles. The maximum absolute atomic E-state index is 12.8. The van der Waals surface area contributed by atoms with Gasteiger partial charge in [-0.25, -0.2) is 8.42 Å². The molecule has 0 unspecified atom stereocenters. The van der Waals surface area contributed by atoms with E-state index in [1.807, 2.05) is 0 Å². The minimum absolute atomic E-state index is 0.275. The molecule has 0 saturated carbocycles. The monoisotopic (exact) mass is 387 g/mol. The Balaban J connectivity index is 2.18. The first-order chi connectivity index (χ1) is 11.6. The first-order valence-corrected chi connectivity index (χ1v) is 10.6. The van der Waals surface area contributed by atoms with Crippen LogP contribution in [0.2, 0.25) is 5.02 Å². The standard InChI is InChI=1S/C18H26ClNO4S/c1-12-7-13(2)10-20(9-12)18(21)14(3)25(22,23)11-15-8-16(19)5-6-17(15)24-4/h5-6,8,12-14H,7,9-11H2,1-4H3/t12-,13-,14-/m1/s1. The summed E-state index contributed by atoms with van der Waals surface area (Å²) in [5.41, 5.74) is 0.468. The number of carbonyl (C=O) groups is 1. The van der Waals surface area contributed by atoms with E-state index < -0.39 is 15.1 Å². The van der Waals surface area contributed by atoms with Crippen LogP contribution in [-0.4, -0.2) is 44.7 Å². The summed E-state index contributed by atoms with van der Waals surface area (Å²) in [6, 6.07) is 4.84. The third-order valence-corrected chi connectivity index (χ3v) is 6.89. The van der Waals surface area contributed by atoms with Crippen molar-refractivity contribution in [2.75, 3.05) is 20.2 Å². The average molecular weight is 388 g/mol. The van der Waals surface area contributed by atoms with E-state index in [-0.39, 0.29) is 11.7 Å². The minimum atomic E-state index is -3.68. The van der Waals surface area contributed by atoms with Gasteiger partial charge in [0.15, 0.2) is 9.84 Å². The Hall–Kier alpha value is -1.27. The van der Waals surface area contributed by atoms with Crippen molar-refractivity contribution in [1.82, 2.24) is 4.90 Å². The fourth-order valence-electron chi connectivity index (χ4n) is 3.46. The number of rotatable bonds is 5. The van der Waals surface area contributed by atoms with Crippen molar-refractivity contribution in [2.45, 2.75) is 38.2 Å². The average Bonchev–Trinajstić information content (AvgIpc) is 2.52. The molecule has 1 aromatic carbocycles. The molecular weight excluding hydrogens is 362 g/mol. The van der Waals surface area contributed by atoms with Crippen LogP contribution in [-0.2, 0) is 20.4 Å². The van der Waals surface area contributed by atoms with Gasteiger partial charge in [0.2, 0.25) is 5.91 Å². The van der Waals surface area contributed by atoms with Gasteiger partial charge in [0, 0.05) is 23.7 Å². The Morgan fingerprint density at radius 1 is 1.32 bits per heavy atom. The molecule has 1 saturated heterocycles. The van der Waals surface area contributed by atoms with E-state index in [1.165, 1.54) is 14.0 Å². The van der Waals surface area contributed by atoms with Gasteiger partial charge in [-0.2, -0.15) is 0 Å². The molecule has 0 radical (unpaired) electrons. The quantitative estimate of drug-likeness (QED) is 0.778. The van der Waals surface area contributed by atoms with E-state index in [0.717, 1.165) is 6.42 Å². The highest BCUT2D eigenvalue weighted by molar-refractivity contribution is 7.92. The van der Waals surface area contributed by atoms with E-state index in [0.29, 0.717) is 41.3 Å². The summed E-state index contributed by atoms with van der Waals surface area (Å²) in [6.45, 7) is 6.88. The van der Waals surface area contributed by atoms with Gasteiger partial charge >= 0.3 is 0 Å². The van der Waals surface area contributed by atoms with E-state index in [2.05, 4.69) is 13.8 Å². The lowest BCUT2D eigenvalue weighted by Crippen LogP contribution is -2.48. The highest BCUT2D eigenvalue weighted by Gasteiger charge is 2.35. The number of ether oxygens (including phenoxy) is 1. The molecule has 1 amide bonds. The van der Waals surface area contributed by atoms with Gasteiger partial charge in [-0.3, -0.25) is 4.79 Å². The molecule has 7 heteroatoms.